The molecule has 0 aromatic carbocycles. The van der Waals surface area contributed by atoms with Crippen LogP contribution in [0.3, 0.4) is 0 Å². The molecule has 1 aliphatic rings. The SMILES string of the molecule is CN(CCOCCOCCOCCOCCOCCOCCOCCOCCOCCOCCOCCOCCOC1CCCCO1)C(=O)OC(C)(C)C. The normalized spacial score (nSPS) is 14.9. The summed E-state index contributed by atoms with van der Waals surface area (Å²) >= 11 is 0. The Kier molecular flexibility index (Phi) is 36.2. The molecule has 0 bridgehead atoms. The zero-order chi connectivity index (χ0) is 39.1. The molecule has 17 nitrogen and oxygen atoms in total. The van der Waals surface area contributed by atoms with E-state index in [1.54, 1.807) is 7.05 Å². The highest BCUT2D eigenvalue weighted by molar-refractivity contribution is 5.67. The van der Waals surface area contributed by atoms with E-state index in [0.717, 1.165) is 25.9 Å². The first-order valence-corrected chi connectivity index (χ1v) is 19.5. The van der Waals surface area contributed by atoms with E-state index >= 15 is 0 Å². The molecule has 17 heteroatoms. The smallest absolute Gasteiger partial charge is 0.410 e. The first kappa shape index (κ1) is 50.7. The van der Waals surface area contributed by atoms with Crippen molar-refractivity contribution in [1.29, 1.82) is 0 Å². The van der Waals surface area contributed by atoms with Crippen molar-refractivity contribution >= 4 is 6.09 Å². The maximum atomic E-state index is 11.9. The molecule has 1 saturated heterocycles. The summed E-state index contributed by atoms with van der Waals surface area (Å²) in [5.74, 6) is 0. The van der Waals surface area contributed by atoms with Gasteiger partial charge in [-0.15, -0.1) is 0 Å². The van der Waals surface area contributed by atoms with Crippen LogP contribution in [0.15, 0.2) is 0 Å². The van der Waals surface area contributed by atoms with Gasteiger partial charge in [0, 0.05) is 20.2 Å². The predicted octanol–water partition coefficient (Wildman–Crippen LogP) is 2.60. The summed E-state index contributed by atoms with van der Waals surface area (Å²) < 4.78 is 82.3. The van der Waals surface area contributed by atoms with E-state index in [9.17, 15) is 4.79 Å². The summed E-state index contributed by atoms with van der Waals surface area (Å²) in [6.07, 6.45) is 2.81. The van der Waals surface area contributed by atoms with Gasteiger partial charge in [0.15, 0.2) is 6.29 Å². The van der Waals surface area contributed by atoms with E-state index in [-0.39, 0.29) is 12.4 Å². The number of carbonyl (C=O) groups is 1. The number of ether oxygens (including phenoxy) is 15. The number of likely N-dealkylation sites (N-methyl/N-ethyl adjacent to an activating group) is 1. The maximum absolute atomic E-state index is 11.9. The molecule has 0 aromatic heterocycles. The zero-order valence-electron chi connectivity index (χ0n) is 33.8. The molecule has 0 saturated carbocycles. The van der Waals surface area contributed by atoms with Crippen molar-refractivity contribution in [3.05, 3.63) is 0 Å². The molecule has 54 heavy (non-hydrogen) atoms. The van der Waals surface area contributed by atoms with E-state index in [0.29, 0.717) is 172 Å². The van der Waals surface area contributed by atoms with Crippen LogP contribution in [0.2, 0.25) is 0 Å². The third-order valence-electron chi connectivity index (χ3n) is 7.04. The standard InChI is InChI=1S/C37H73NO16/c1-37(2,3)54-36(39)38(4)8-10-40-11-12-41-13-14-42-15-16-43-17-18-44-19-20-45-21-22-46-23-24-47-25-26-48-27-28-49-29-30-50-31-32-51-33-34-53-35-7-5-6-9-52-35/h35H,5-34H2,1-4H3. The van der Waals surface area contributed by atoms with Crippen molar-refractivity contribution in [2.75, 3.05) is 185 Å². The van der Waals surface area contributed by atoms with Gasteiger partial charge in [0.1, 0.15) is 5.60 Å². The van der Waals surface area contributed by atoms with E-state index in [1.165, 1.54) is 4.90 Å². The van der Waals surface area contributed by atoms with Crippen molar-refractivity contribution < 1.29 is 75.8 Å². The van der Waals surface area contributed by atoms with Crippen molar-refractivity contribution in [2.45, 2.75) is 51.9 Å². The molecule has 0 aromatic rings. The van der Waals surface area contributed by atoms with E-state index in [4.69, 9.17) is 71.1 Å². The van der Waals surface area contributed by atoms with Gasteiger partial charge in [-0.3, -0.25) is 0 Å². The van der Waals surface area contributed by atoms with Crippen LogP contribution in [0.4, 0.5) is 4.79 Å². The van der Waals surface area contributed by atoms with Gasteiger partial charge in [0.2, 0.25) is 0 Å². The third-order valence-corrected chi connectivity index (χ3v) is 7.04. The number of hydrogen-bond donors (Lipinski definition) is 0. The van der Waals surface area contributed by atoms with Gasteiger partial charge in [0.05, 0.1) is 165 Å². The molecule has 0 radical (unpaired) electrons. The molecule has 1 amide bonds. The maximum Gasteiger partial charge on any atom is 0.410 e. The molecule has 1 fully saturated rings. The largest absolute Gasteiger partial charge is 0.444 e. The Bertz CT molecular complexity index is 788. The minimum absolute atomic E-state index is 0.0710. The Morgan fingerprint density at radius 2 is 0.778 bits per heavy atom. The summed E-state index contributed by atoms with van der Waals surface area (Å²) in [5, 5.41) is 0. The third kappa shape index (κ3) is 37.6. The molecule has 1 atom stereocenters. The van der Waals surface area contributed by atoms with E-state index < -0.39 is 5.60 Å². The van der Waals surface area contributed by atoms with Crippen molar-refractivity contribution in [2.24, 2.45) is 0 Å². The fourth-order valence-electron chi connectivity index (χ4n) is 4.23. The van der Waals surface area contributed by atoms with E-state index in [2.05, 4.69) is 0 Å². The van der Waals surface area contributed by atoms with Crippen LogP contribution in [-0.4, -0.2) is 208 Å². The average Bonchev–Trinajstić information content (AvgIpc) is 3.15. The Morgan fingerprint density at radius 3 is 1.06 bits per heavy atom. The fourth-order valence-corrected chi connectivity index (χ4v) is 4.23. The zero-order valence-corrected chi connectivity index (χ0v) is 33.8. The summed E-state index contributed by atoms with van der Waals surface area (Å²) in [4.78, 5) is 13.4. The highest BCUT2D eigenvalue weighted by Gasteiger charge is 2.19. The highest BCUT2D eigenvalue weighted by Crippen LogP contribution is 2.13. The summed E-state index contributed by atoms with van der Waals surface area (Å²) in [7, 11) is 1.68. The van der Waals surface area contributed by atoms with Gasteiger partial charge in [-0.2, -0.15) is 0 Å². The summed E-state index contributed by atoms with van der Waals surface area (Å²) in [5.41, 5.74) is -0.512. The predicted molar refractivity (Wildman–Crippen MR) is 198 cm³/mol. The van der Waals surface area contributed by atoms with Crippen molar-refractivity contribution in [3.63, 3.8) is 0 Å². The second kappa shape index (κ2) is 38.6. The quantitative estimate of drug-likeness (QED) is 0.0834. The Labute approximate surface area is 323 Å². The second-order valence-electron chi connectivity index (χ2n) is 12.9. The van der Waals surface area contributed by atoms with Gasteiger partial charge in [-0.1, -0.05) is 0 Å². The topological polar surface area (TPSA) is 159 Å². The molecule has 1 aliphatic heterocycles. The molecule has 1 unspecified atom stereocenters. The molecular formula is C37H73NO16. The van der Waals surface area contributed by atoms with Gasteiger partial charge in [-0.05, 0) is 40.0 Å². The Morgan fingerprint density at radius 1 is 0.481 bits per heavy atom. The van der Waals surface area contributed by atoms with Crippen LogP contribution in [0.25, 0.3) is 0 Å². The number of carbonyl (C=O) groups excluding carboxylic acids is 1. The van der Waals surface area contributed by atoms with Crippen LogP contribution in [0, 0.1) is 0 Å². The van der Waals surface area contributed by atoms with Crippen molar-refractivity contribution in [3.8, 4) is 0 Å². The number of amides is 1. The number of nitrogens with zero attached hydrogens (tertiary/aromatic N) is 1. The minimum Gasteiger partial charge on any atom is -0.444 e. The fraction of sp³-hybridized carbons (Fsp3) is 0.973. The first-order valence-electron chi connectivity index (χ1n) is 19.5. The lowest BCUT2D eigenvalue weighted by atomic mass is 10.2. The molecule has 0 aliphatic carbocycles. The number of rotatable bonds is 40. The molecule has 1 rings (SSSR count). The van der Waals surface area contributed by atoms with Crippen LogP contribution in [-0.2, 0) is 71.1 Å². The van der Waals surface area contributed by atoms with Crippen LogP contribution >= 0.6 is 0 Å². The van der Waals surface area contributed by atoms with Crippen LogP contribution in [0.5, 0.6) is 0 Å². The van der Waals surface area contributed by atoms with Crippen LogP contribution < -0.4 is 0 Å². The van der Waals surface area contributed by atoms with Gasteiger partial charge in [0.25, 0.3) is 0 Å². The Hall–Kier alpha value is -1.29. The van der Waals surface area contributed by atoms with Crippen LogP contribution in [0.1, 0.15) is 40.0 Å². The Balaban J connectivity index is 1.63. The van der Waals surface area contributed by atoms with Gasteiger partial charge in [-0.25, -0.2) is 4.79 Å². The lowest BCUT2D eigenvalue weighted by Crippen LogP contribution is -2.36. The summed E-state index contributed by atoms with van der Waals surface area (Å²) in [6.45, 7) is 19.1. The molecule has 0 N–H and O–H groups in total. The lowest BCUT2D eigenvalue weighted by Gasteiger charge is -2.24. The second-order valence-corrected chi connectivity index (χ2v) is 12.9. The molecule has 0 spiro atoms. The van der Waals surface area contributed by atoms with Crippen molar-refractivity contribution in [1.82, 2.24) is 4.90 Å². The molecular weight excluding hydrogens is 714 g/mol. The number of hydrogen-bond acceptors (Lipinski definition) is 16. The summed E-state index contributed by atoms with van der Waals surface area (Å²) in [6, 6.07) is 0. The lowest BCUT2D eigenvalue weighted by molar-refractivity contribution is -0.169. The van der Waals surface area contributed by atoms with Gasteiger partial charge < -0.3 is 76.0 Å². The highest BCUT2D eigenvalue weighted by atomic mass is 16.7. The minimum atomic E-state index is -0.512. The first-order chi connectivity index (χ1) is 26.4. The molecule has 322 valence electrons. The van der Waals surface area contributed by atoms with Gasteiger partial charge >= 0.3 is 6.09 Å². The monoisotopic (exact) mass is 787 g/mol. The average molecular weight is 788 g/mol. The molecule has 1 heterocycles. The van der Waals surface area contributed by atoms with E-state index in [1.807, 2.05) is 20.8 Å².